The third-order valence-corrected chi connectivity index (χ3v) is 5.63. The fourth-order valence-corrected chi connectivity index (χ4v) is 3.71. The number of hydrogen-bond acceptors (Lipinski definition) is 4. The Morgan fingerprint density at radius 2 is 1.72 bits per heavy atom. The van der Waals surface area contributed by atoms with Crippen LogP contribution in [-0.4, -0.2) is 44.6 Å². The topological polar surface area (TPSA) is 138 Å². The van der Waals surface area contributed by atoms with E-state index in [0.29, 0.717) is 24.1 Å². The van der Waals surface area contributed by atoms with E-state index in [9.17, 15) is 4.79 Å². The van der Waals surface area contributed by atoms with Crippen LogP contribution >= 0.6 is 0 Å². The number of hydrogen-bond donors (Lipinski definition) is 4. The van der Waals surface area contributed by atoms with Crippen LogP contribution in [0.5, 0.6) is 0 Å². The van der Waals surface area contributed by atoms with E-state index in [1.54, 1.807) is 4.90 Å². The van der Waals surface area contributed by atoms with Crippen molar-refractivity contribution in [3.8, 4) is 0 Å². The van der Waals surface area contributed by atoms with E-state index >= 15 is 0 Å². The summed E-state index contributed by atoms with van der Waals surface area (Å²) in [5.74, 6) is 0.997. The molecule has 2 aromatic carbocycles. The lowest BCUT2D eigenvalue weighted by Crippen LogP contribution is -2.39. The number of nitrogen functional groups attached to an aromatic ring is 1. The Kier molecular flexibility index (Phi) is 6.92. The van der Waals surface area contributed by atoms with Crippen molar-refractivity contribution in [2.75, 3.05) is 6.54 Å². The van der Waals surface area contributed by atoms with Crippen LogP contribution in [0.1, 0.15) is 47.6 Å². The van der Waals surface area contributed by atoms with Crippen molar-refractivity contribution in [3.05, 3.63) is 65.0 Å². The number of imidazole rings is 1. The van der Waals surface area contributed by atoms with Crippen LogP contribution in [0.25, 0.3) is 11.0 Å². The molecule has 0 saturated heterocycles. The first-order valence-corrected chi connectivity index (χ1v) is 10.7. The summed E-state index contributed by atoms with van der Waals surface area (Å²) < 4.78 is 2.06. The van der Waals surface area contributed by atoms with Crippen LogP contribution < -0.4 is 11.5 Å². The second-order valence-corrected chi connectivity index (χ2v) is 8.27. The Labute approximate surface area is 188 Å². The Hall–Kier alpha value is -3.68. The Morgan fingerprint density at radius 1 is 1.06 bits per heavy atom. The number of nitrogens with two attached hydrogens (primary N) is 2. The van der Waals surface area contributed by atoms with E-state index in [4.69, 9.17) is 27.3 Å². The summed E-state index contributed by atoms with van der Waals surface area (Å²) in [6.45, 7) is 4.33. The molecule has 1 amide bonds. The van der Waals surface area contributed by atoms with Gasteiger partial charge in [0.25, 0.3) is 5.91 Å². The molecule has 6 N–H and O–H groups in total. The maximum atomic E-state index is 13.1. The lowest BCUT2D eigenvalue weighted by molar-refractivity contribution is 0.0711. The molecule has 8 nitrogen and oxygen atoms in total. The minimum absolute atomic E-state index is 0.00577. The minimum atomic E-state index is -0.0825. The highest BCUT2D eigenvalue weighted by molar-refractivity contribution is 5.98. The molecule has 0 bridgehead atoms. The van der Waals surface area contributed by atoms with Gasteiger partial charge in [-0.1, -0.05) is 24.3 Å². The number of carbonyl (C=O) groups is 1. The molecule has 0 unspecified atom stereocenters. The van der Waals surface area contributed by atoms with Crippen LogP contribution in [0.3, 0.4) is 0 Å². The molecule has 0 radical (unpaired) electrons. The van der Waals surface area contributed by atoms with Gasteiger partial charge in [0.2, 0.25) is 0 Å². The average Bonchev–Trinajstić information content (AvgIpc) is 3.07. The molecule has 1 aromatic heterocycles. The molecule has 0 aliphatic carbocycles. The fraction of sp³-hybridized carbons (Fsp3) is 0.333. The molecule has 3 aromatic rings. The number of rotatable bonds is 9. The van der Waals surface area contributed by atoms with Gasteiger partial charge >= 0.3 is 0 Å². The molecular weight excluding hydrogens is 402 g/mol. The van der Waals surface area contributed by atoms with E-state index in [2.05, 4.69) is 4.57 Å². The quantitative estimate of drug-likeness (QED) is 0.304. The predicted octanol–water partition coefficient (Wildman–Crippen LogP) is 2.82. The lowest BCUT2D eigenvalue weighted by Gasteiger charge is -2.26. The van der Waals surface area contributed by atoms with Crippen LogP contribution in [0.4, 0.5) is 0 Å². The second-order valence-electron chi connectivity index (χ2n) is 8.27. The molecule has 168 valence electrons. The highest BCUT2D eigenvalue weighted by Gasteiger charge is 2.20. The van der Waals surface area contributed by atoms with Gasteiger partial charge in [0.05, 0.1) is 16.9 Å². The largest absolute Gasteiger partial charge is 0.388 e. The molecule has 0 aliphatic heterocycles. The maximum Gasteiger partial charge on any atom is 0.254 e. The van der Waals surface area contributed by atoms with Crippen molar-refractivity contribution >= 4 is 28.6 Å². The van der Waals surface area contributed by atoms with Gasteiger partial charge in [0, 0.05) is 43.6 Å². The summed E-state index contributed by atoms with van der Waals surface area (Å²) in [5, 5.41) is 14.9. The summed E-state index contributed by atoms with van der Waals surface area (Å²) in [5.41, 5.74) is 15.2. The Bertz CT molecular complexity index is 1150. The zero-order valence-electron chi connectivity index (χ0n) is 18.9. The normalized spacial score (nSPS) is 11.1. The molecule has 1 heterocycles. The molecule has 0 fully saturated rings. The molecular formula is C24H31N7O. The lowest BCUT2D eigenvalue weighted by atomic mass is 10.1. The monoisotopic (exact) mass is 433 g/mol. The number of nitrogens with one attached hydrogen (secondary N) is 2. The molecule has 0 spiro atoms. The standard InChI is InChI=1S/C24H31N7O/c1-15(2)31(13-12-21(25)26)24(32)18-9-10-20-19(14-18)29-22(30(20)3)11-6-16-4-7-17(8-5-16)23(27)28/h4-5,7-10,14-15H,6,11-13H2,1-3H3,(H3,25,26)(H3,27,28). The van der Waals surface area contributed by atoms with Crippen molar-refractivity contribution in [3.63, 3.8) is 0 Å². The highest BCUT2D eigenvalue weighted by Crippen LogP contribution is 2.20. The van der Waals surface area contributed by atoms with E-state index in [0.717, 1.165) is 35.3 Å². The number of aryl methyl sites for hydroxylation is 3. The van der Waals surface area contributed by atoms with Crippen LogP contribution in [0.2, 0.25) is 0 Å². The number of nitrogens with zero attached hydrogens (tertiary/aromatic N) is 3. The zero-order valence-corrected chi connectivity index (χ0v) is 18.9. The van der Waals surface area contributed by atoms with Gasteiger partial charge in [0.1, 0.15) is 11.7 Å². The van der Waals surface area contributed by atoms with Crippen molar-refractivity contribution in [1.29, 1.82) is 10.8 Å². The Balaban J connectivity index is 1.78. The maximum absolute atomic E-state index is 13.1. The summed E-state index contributed by atoms with van der Waals surface area (Å²) in [4.78, 5) is 19.6. The second kappa shape index (κ2) is 9.64. The first kappa shape index (κ1) is 23.0. The molecule has 3 rings (SSSR count). The third-order valence-electron chi connectivity index (χ3n) is 5.63. The van der Waals surface area contributed by atoms with E-state index in [-0.39, 0.29) is 23.6 Å². The van der Waals surface area contributed by atoms with Crippen LogP contribution in [-0.2, 0) is 19.9 Å². The minimum Gasteiger partial charge on any atom is -0.388 e. The Morgan fingerprint density at radius 3 is 2.31 bits per heavy atom. The van der Waals surface area contributed by atoms with Gasteiger partial charge in [-0.05, 0) is 44.0 Å². The summed E-state index contributed by atoms with van der Waals surface area (Å²) in [6, 6.07) is 13.3. The van der Waals surface area contributed by atoms with Crippen molar-refractivity contribution in [1.82, 2.24) is 14.5 Å². The fourth-order valence-electron chi connectivity index (χ4n) is 3.71. The van der Waals surface area contributed by atoms with E-state index < -0.39 is 0 Å². The first-order valence-electron chi connectivity index (χ1n) is 10.7. The molecule has 0 saturated carbocycles. The number of amides is 1. The predicted molar refractivity (Wildman–Crippen MR) is 128 cm³/mol. The van der Waals surface area contributed by atoms with Gasteiger partial charge in [-0.3, -0.25) is 15.6 Å². The van der Waals surface area contributed by atoms with Gasteiger partial charge in [-0.15, -0.1) is 0 Å². The number of fused-ring (bicyclic) bond motifs is 1. The van der Waals surface area contributed by atoms with Gasteiger partial charge < -0.3 is 20.9 Å². The van der Waals surface area contributed by atoms with Crippen molar-refractivity contribution < 1.29 is 4.79 Å². The first-order chi connectivity index (χ1) is 15.2. The smallest absolute Gasteiger partial charge is 0.254 e. The zero-order chi connectivity index (χ0) is 23.4. The van der Waals surface area contributed by atoms with Crippen LogP contribution in [0, 0.1) is 10.8 Å². The van der Waals surface area contributed by atoms with Gasteiger partial charge in [-0.25, -0.2) is 4.98 Å². The number of carbonyl (C=O) groups excluding carboxylic acids is 1. The van der Waals surface area contributed by atoms with Gasteiger partial charge in [-0.2, -0.15) is 0 Å². The third kappa shape index (κ3) is 5.14. The van der Waals surface area contributed by atoms with E-state index in [1.165, 1.54) is 0 Å². The van der Waals surface area contributed by atoms with Gasteiger partial charge in [0.15, 0.2) is 0 Å². The van der Waals surface area contributed by atoms with Crippen molar-refractivity contribution in [2.24, 2.45) is 18.5 Å². The SMILES string of the molecule is CC(C)N(CCC(=N)N)C(=O)c1ccc2c(c1)nc(CCc1ccc(C(=N)N)cc1)n2C. The molecule has 0 atom stereocenters. The molecule has 32 heavy (non-hydrogen) atoms. The summed E-state index contributed by atoms with van der Waals surface area (Å²) >= 11 is 0. The van der Waals surface area contributed by atoms with Crippen LogP contribution in [0.15, 0.2) is 42.5 Å². The number of aromatic nitrogens is 2. The molecule has 8 heteroatoms. The highest BCUT2D eigenvalue weighted by atomic mass is 16.2. The average molecular weight is 434 g/mol. The van der Waals surface area contributed by atoms with E-state index in [1.807, 2.05) is 63.4 Å². The number of benzene rings is 2. The van der Waals surface area contributed by atoms with Crippen molar-refractivity contribution in [2.45, 2.75) is 39.2 Å². The summed E-state index contributed by atoms with van der Waals surface area (Å²) in [7, 11) is 1.98. The molecule has 0 aliphatic rings. The summed E-state index contributed by atoms with van der Waals surface area (Å²) in [6.07, 6.45) is 1.92. The number of amidine groups is 2.